The Morgan fingerprint density at radius 2 is 2.05 bits per heavy atom. The topological polar surface area (TPSA) is 108 Å². The van der Waals surface area contributed by atoms with Crippen molar-refractivity contribution in [2.75, 3.05) is 0 Å². The number of nitrogens with one attached hydrogen (secondary N) is 1. The monoisotopic (exact) mass is 270 g/mol. The molecule has 1 aliphatic carbocycles. The van der Waals surface area contributed by atoms with Gasteiger partial charge in [0.15, 0.2) is 5.79 Å². The Kier molecular flexibility index (Phi) is 3.38. The summed E-state index contributed by atoms with van der Waals surface area (Å²) >= 11 is 0. The average Bonchev–Trinajstić information content (AvgIpc) is 2.56. The number of carbonyl (C=O) groups is 2. The molecule has 4 atom stereocenters. The van der Waals surface area contributed by atoms with Gasteiger partial charge in [-0.15, -0.1) is 0 Å². The Balaban J connectivity index is 2.35. The number of ether oxygens (including phenoxy) is 2. The standard InChI is InChI=1S/C12H17NO6/c1-5(14)13-8-7(15)4-6(11(16)17)9-10(8)19-12(2,3)18-9/h4,7-10,15H,1-3H3,(H,13,14)(H,16,17)/p-1/t7-,8-,9-,10+/m1/s1. The van der Waals surface area contributed by atoms with Crippen LogP contribution in [-0.4, -0.2) is 47.1 Å². The maximum absolute atomic E-state index is 11.2. The van der Waals surface area contributed by atoms with Gasteiger partial charge in [-0.2, -0.15) is 0 Å². The van der Waals surface area contributed by atoms with Gasteiger partial charge >= 0.3 is 0 Å². The number of hydrogen-bond donors (Lipinski definition) is 2. The first kappa shape index (κ1) is 14.0. The minimum Gasteiger partial charge on any atom is -0.545 e. The number of aliphatic carboxylic acids is 1. The lowest BCUT2D eigenvalue weighted by Gasteiger charge is -2.35. The van der Waals surface area contributed by atoms with Gasteiger partial charge in [0.1, 0.15) is 12.2 Å². The molecule has 2 rings (SSSR count). The number of hydrogen-bond acceptors (Lipinski definition) is 6. The van der Waals surface area contributed by atoms with Crippen molar-refractivity contribution < 1.29 is 29.3 Å². The lowest BCUT2D eigenvalue weighted by atomic mass is 9.87. The van der Waals surface area contributed by atoms with Crippen molar-refractivity contribution in [3.63, 3.8) is 0 Å². The number of amides is 1. The molecule has 0 aromatic rings. The van der Waals surface area contributed by atoms with Crippen molar-refractivity contribution in [3.05, 3.63) is 11.6 Å². The van der Waals surface area contributed by atoms with E-state index in [1.54, 1.807) is 13.8 Å². The summed E-state index contributed by atoms with van der Waals surface area (Å²) in [7, 11) is 0. The highest BCUT2D eigenvalue weighted by molar-refractivity contribution is 5.87. The maximum atomic E-state index is 11.2. The normalized spacial score (nSPS) is 36.3. The SMILES string of the molecule is CC(=O)N[C@H]1[C@@H]2OC(C)(C)O[C@@H]2C(C(=O)[O-])=C[C@H]1O. The van der Waals surface area contributed by atoms with E-state index in [1.807, 2.05) is 0 Å². The molecule has 2 N–H and O–H groups in total. The van der Waals surface area contributed by atoms with Crippen molar-refractivity contribution in [2.45, 2.75) is 50.9 Å². The van der Waals surface area contributed by atoms with Gasteiger partial charge in [-0.1, -0.05) is 0 Å². The van der Waals surface area contributed by atoms with Gasteiger partial charge in [0.25, 0.3) is 0 Å². The number of carboxylic acids is 1. The van der Waals surface area contributed by atoms with Gasteiger partial charge in [-0.3, -0.25) is 4.79 Å². The maximum Gasteiger partial charge on any atom is 0.217 e. The number of aliphatic hydroxyl groups is 1. The van der Waals surface area contributed by atoms with Crippen LogP contribution in [0.5, 0.6) is 0 Å². The second kappa shape index (κ2) is 4.59. The van der Waals surface area contributed by atoms with Gasteiger partial charge in [-0.25, -0.2) is 0 Å². The van der Waals surface area contributed by atoms with Gasteiger partial charge in [-0.05, 0) is 19.9 Å². The molecule has 1 aliphatic heterocycles. The molecule has 0 saturated carbocycles. The first-order valence-electron chi connectivity index (χ1n) is 5.95. The fraction of sp³-hybridized carbons (Fsp3) is 0.667. The molecular formula is C12H16NO6-. The predicted molar refractivity (Wildman–Crippen MR) is 60.5 cm³/mol. The van der Waals surface area contributed by atoms with Crippen molar-refractivity contribution in [1.29, 1.82) is 0 Å². The molecule has 106 valence electrons. The minimum absolute atomic E-state index is 0.162. The zero-order valence-corrected chi connectivity index (χ0v) is 10.9. The van der Waals surface area contributed by atoms with Crippen LogP contribution in [0.1, 0.15) is 20.8 Å². The lowest BCUT2D eigenvalue weighted by Crippen LogP contribution is -2.57. The highest BCUT2D eigenvalue weighted by Crippen LogP contribution is 2.37. The molecule has 0 unspecified atom stereocenters. The zero-order valence-electron chi connectivity index (χ0n) is 10.9. The van der Waals surface area contributed by atoms with Crippen molar-refractivity contribution in [1.82, 2.24) is 5.32 Å². The summed E-state index contributed by atoms with van der Waals surface area (Å²) in [6.07, 6.45) is -1.69. The lowest BCUT2D eigenvalue weighted by molar-refractivity contribution is -0.300. The van der Waals surface area contributed by atoms with E-state index in [1.165, 1.54) is 6.92 Å². The van der Waals surface area contributed by atoms with Crippen molar-refractivity contribution in [2.24, 2.45) is 0 Å². The molecule has 7 heteroatoms. The van der Waals surface area contributed by atoms with Crippen LogP contribution >= 0.6 is 0 Å². The Bertz CT molecular complexity index is 444. The molecular weight excluding hydrogens is 254 g/mol. The quantitative estimate of drug-likeness (QED) is 0.604. The van der Waals surface area contributed by atoms with E-state index < -0.39 is 36.1 Å². The number of fused-ring (bicyclic) bond motifs is 1. The van der Waals surface area contributed by atoms with E-state index in [9.17, 15) is 19.8 Å². The second-order valence-corrected chi connectivity index (χ2v) is 5.15. The Labute approximate surface area is 110 Å². The van der Waals surface area contributed by atoms with Crippen LogP contribution in [0.15, 0.2) is 11.6 Å². The molecule has 0 aromatic heterocycles. The molecule has 1 saturated heterocycles. The van der Waals surface area contributed by atoms with Crippen LogP contribution in [0, 0.1) is 0 Å². The van der Waals surface area contributed by atoms with Crippen molar-refractivity contribution >= 4 is 11.9 Å². The second-order valence-electron chi connectivity index (χ2n) is 5.15. The summed E-state index contributed by atoms with van der Waals surface area (Å²) in [4.78, 5) is 22.2. The molecule has 2 aliphatic rings. The predicted octanol–water partition coefficient (Wildman–Crippen LogP) is -1.94. The fourth-order valence-electron chi connectivity index (χ4n) is 2.46. The first-order valence-corrected chi connectivity index (χ1v) is 5.95. The van der Waals surface area contributed by atoms with Crippen LogP contribution in [0.4, 0.5) is 0 Å². The molecule has 1 heterocycles. The van der Waals surface area contributed by atoms with Crippen LogP contribution in [0.25, 0.3) is 0 Å². The molecule has 1 fully saturated rings. The third-order valence-electron chi connectivity index (χ3n) is 3.11. The first-order chi connectivity index (χ1) is 8.71. The summed E-state index contributed by atoms with van der Waals surface area (Å²) in [6.45, 7) is 4.57. The largest absolute Gasteiger partial charge is 0.545 e. The van der Waals surface area contributed by atoms with Crippen LogP contribution in [-0.2, 0) is 19.1 Å². The highest BCUT2D eigenvalue weighted by atomic mass is 16.8. The van der Waals surface area contributed by atoms with Crippen LogP contribution < -0.4 is 10.4 Å². The summed E-state index contributed by atoms with van der Waals surface area (Å²) in [5, 5.41) is 23.6. The molecule has 7 nitrogen and oxygen atoms in total. The fourth-order valence-corrected chi connectivity index (χ4v) is 2.46. The van der Waals surface area contributed by atoms with Crippen molar-refractivity contribution in [3.8, 4) is 0 Å². The minimum atomic E-state index is -1.42. The van der Waals surface area contributed by atoms with E-state index in [0.29, 0.717) is 0 Å². The smallest absolute Gasteiger partial charge is 0.217 e. The third-order valence-corrected chi connectivity index (χ3v) is 3.11. The average molecular weight is 270 g/mol. The van der Waals surface area contributed by atoms with Crippen LogP contribution in [0.3, 0.4) is 0 Å². The van der Waals surface area contributed by atoms with Gasteiger partial charge in [0, 0.05) is 12.5 Å². The zero-order chi connectivity index (χ0) is 14.4. The summed E-state index contributed by atoms with van der Waals surface area (Å²) < 4.78 is 11.1. The Morgan fingerprint density at radius 3 is 2.58 bits per heavy atom. The van der Waals surface area contributed by atoms with E-state index in [4.69, 9.17) is 9.47 Å². The number of carbonyl (C=O) groups excluding carboxylic acids is 2. The van der Waals surface area contributed by atoms with Gasteiger partial charge in [0.05, 0.1) is 18.1 Å². The number of carboxylic acid groups (broad SMARTS) is 1. The molecule has 0 radical (unpaired) electrons. The molecule has 0 aromatic carbocycles. The Morgan fingerprint density at radius 1 is 1.42 bits per heavy atom. The number of rotatable bonds is 2. The van der Waals surface area contributed by atoms with E-state index in [0.717, 1.165) is 6.08 Å². The summed E-state index contributed by atoms with van der Waals surface area (Å²) in [6, 6.07) is -0.757. The Hall–Kier alpha value is -1.44. The van der Waals surface area contributed by atoms with E-state index in [-0.39, 0.29) is 11.5 Å². The van der Waals surface area contributed by atoms with Crippen LogP contribution in [0.2, 0.25) is 0 Å². The van der Waals surface area contributed by atoms with E-state index >= 15 is 0 Å². The number of aliphatic hydroxyl groups excluding tert-OH is 1. The molecule has 0 bridgehead atoms. The molecule has 0 spiro atoms. The third kappa shape index (κ3) is 2.63. The molecule has 1 amide bonds. The highest BCUT2D eigenvalue weighted by Gasteiger charge is 2.51. The van der Waals surface area contributed by atoms with E-state index in [2.05, 4.69) is 5.32 Å². The summed E-state index contributed by atoms with van der Waals surface area (Å²) in [5.41, 5.74) is -0.162. The van der Waals surface area contributed by atoms with Gasteiger partial charge in [0.2, 0.25) is 5.91 Å². The van der Waals surface area contributed by atoms with Gasteiger partial charge < -0.3 is 29.8 Å². The molecule has 19 heavy (non-hydrogen) atoms. The summed E-state index contributed by atoms with van der Waals surface area (Å²) in [5.74, 6) is -2.76.